The molecule has 1 amide bonds. The lowest BCUT2D eigenvalue weighted by atomic mass is 9.92. The molecule has 0 unspecified atom stereocenters. The van der Waals surface area contributed by atoms with Gasteiger partial charge in [-0.15, -0.1) is 0 Å². The summed E-state index contributed by atoms with van der Waals surface area (Å²) in [7, 11) is 1.85. The Morgan fingerprint density at radius 1 is 1.22 bits per heavy atom. The molecule has 0 radical (unpaired) electrons. The fraction of sp³-hybridized carbons (Fsp3) is 0.476. The number of hydrogen-bond donors (Lipinski definition) is 1. The minimum Gasteiger partial charge on any atom is -0.340 e. The Morgan fingerprint density at radius 2 is 2.00 bits per heavy atom. The molecular formula is C21H27N5O. The van der Waals surface area contributed by atoms with Gasteiger partial charge in [0.1, 0.15) is 11.5 Å². The van der Waals surface area contributed by atoms with Crippen molar-refractivity contribution in [3.63, 3.8) is 0 Å². The maximum atomic E-state index is 13.4. The van der Waals surface area contributed by atoms with Gasteiger partial charge in [-0.05, 0) is 37.5 Å². The number of benzene rings is 1. The van der Waals surface area contributed by atoms with Crippen LogP contribution in [-0.2, 0) is 12.5 Å². The molecule has 1 N–H and O–H groups in total. The van der Waals surface area contributed by atoms with Crippen molar-refractivity contribution in [2.45, 2.75) is 51.5 Å². The third kappa shape index (κ3) is 3.24. The predicted molar refractivity (Wildman–Crippen MR) is 106 cm³/mol. The number of para-hydroxylation sites is 2. The second kappa shape index (κ2) is 6.51. The molecule has 1 aliphatic rings. The first-order chi connectivity index (χ1) is 12.8. The number of aryl methyl sites for hydroxylation is 1. The fourth-order valence-electron chi connectivity index (χ4n) is 3.77. The maximum Gasteiger partial charge on any atom is 0.272 e. The molecule has 6 nitrogen and oxygen atoms in total. The quantitative estimate of drug-likeness (QED) is 0.747. The van der Waals surface area contributed by atoms with Crippen molar-refractivity contribution in [1.29, 1.82) is 0 Å². The van der Waals surface area contributed by atoms with Crippen molar-refractivity contribution in [1.82, 2.24) is 24.6 Å². The molecule has 3 aromatic rings. The molecule has 2 aromatic heterocycles. The van der Waals surface area contributed by atoms with E-state index in [1.54, 1.807) is 4.68 Å². The molecule has 3 heterocycles. The lowest BCUT2D eigenvalue weighted by Gasteiger charge is -2.34. The molecule has 1 fully saturated rings. The second-order valence-electron chi connectivity index (χ2n) is 8.44. The number of H-pyrrole nitrogens is 1. The van der Waals surface area contributed by atoms with Crippen LogP contribution in [-0.4, -0.2) is 37.1 Å². The Morgan fingerprint density at radius 3 is 2.70 bits per heavy atom. The van der Waals surface area contributed by atoms with Crippen LogP contribution < -0.4 is 0 Å². The van der Waals surface area contributed by atoms with E-state index >= 15 is 0 Å². The van der Waals surface area contributed by atoms with Crippen LogP contribution in [0.4, 0.5) is 0 Å². The monoisotopic (exact) mass is 365 g/mol. The summed E-state index contributed by atoms with van der Waals surface area (Å²) in [5.74, 6) is 0.910. The third-order valence-corrected chi connectivity index (χ3v) is 5.35. The number of rotatable bonds is 2. The Hall–Kier alpha value is -2.63. The highest BCUT2D eigenvalue weighted by molar-refractivity contribution is 5.93. The Bertz CT molecular complexity index is 945. The minimum atomic E-state index is -0.0870. The zero-order chi connectivity index (χ0) is 19.2. The van der Waals surface area contributed by atoms with Crippen LogP contribution in [0.2, 0.25) is 0 Å². The van der Waals surface area contributed by atoms with E-state index in [1.807, 2.05) is 42.3 Å². The molecule has 6 heteroatoms. The van der Waals surface area contributed by atoms with E-state index in [1.165, 1.54) is 0 Å². The van der Waals surface area contributed by atoms with Crippen LogP contribution in [0.15, 0.2) is 30.3 Å². The number of carbonyl (C=O) groups is 1. The lowest BCUT2D eigenvalue weighted by molar-refractivity contribution is 0.0590. The number of nitrogens with one attached hydrogen (secondary N) is 1. The van der Waals surface area contributed by atoms with E-state index in [4.69, 9.17) is 4.98 Å². The number of imidazole rings is 1. The van der Waals surface area contributed by atoms with Crippen LogP contribution in [0.3, 0.4) is 0 Å². The van der Waals surface area contributed by atoms with Gasteiger partial charge < -0.3 is 9.88 Å². The van der Waals surface area contributed by atoms with Crippen LogP contribution in [0.25, 0.3) is 11.0 Å². The number of fused-ring (bicyclic) bond motifs is 1. The SMILES string of the molecule is Cn1nc(C(C)(C)C)cc1C(=O)N1CCCC[C@@H]1c1nc2ccccc2[nH]1. The number of aromatic amines is 1. The molecule has 0 aliphatic carbocycles. The molecule has 0 bridgehead atoms. The number of piperidine rings is 1. The van der Waals surface area contributed by atoms with Gasteiger partial charge in [0.25, 0.3) is 5.91 Å². The van der Waals surface area contributed by atoms with Crippen molar-refractivity contribution in [3.05, 3.63) is 47.5 Å². The number of carbonyl (C=O) groups excluding carboxylic acids is 1. The molecule has 0 saturated carbocycles. The summed E-state index contributed by atoms with van der Waals surface area (Å²) in [6.07, 6.45) is 3.05. The van der Waals surface area contributed by atoms with E-state index in [0.29, 0.717) is 5.69 Å². The number of aromatic nitrogens is 4. The first-order valence-corrected chi connectivity index (χ1v) is 9.65. The van der Waals surface area contributed by atoms with Gasteiger partial charge in [0.2, 0.25) is 0 Å². The number of nitrogens with zero attached hydrogens (tertiary/aromatic N) is 4. The summed E-state index contributed by atoms with van der Waals surface area (Å²) in [5.41, 5.74) is 3.45. The van der Waals surface area contributed by atoms with E-state index in [9.17, 15) is 4.79 Å². The molecule has 4 rings (SSSR count). The van der Waals surface area contributed by atoms with Gasteiger partial charge in [0.15, 0.2) is 0 Å². The Balaban J connectivity index is 1.68. The summed E-state index contributed by atoms with van der Waals surface area (Å²) in [6, 6.07) is 9.93. The van der Waals surface area contributed by atoms with Gasteiger partial charge in [-0.2, -0.15) is 5.10 Å². The highest BCUT2D eigenvalue weighted by Crippen LogP contribution is 2.32. The van der Waals surface area contributed by atoms with E-state index in [2.05, 4.69) is 30.9 Å². The molecule has 1 atom stereocenters. The number of amides is 1. The Labute approximate surface area is 159 Å². The van der Waals surface area contributed by atoms with Gasteiger partial charge in [-0.3, -0.25) is 9.48 Å². The van der Waals surface area contributed by atoms with Gasteiger partial charge in [-0.25, -0.2) is 4.98 Å². The van der Waals surface area contributed by atoms with Crippen molar-refractivity contribution in [2.24, 2.45) is 7.05 Å². The van der Waals surface area contributed by atoms with E-state index in [0.717, 1.165) is 48.4 Å². The molecule has 1 saturated heterocycles. The normalized spacial score (nSPS) is 18.2. The van der Waals surface area contributed by atoms with Gasteiger partial charge in [0.05, 0.1) is 22.8 Å². The summed E-state index contributed by atoms with van der Waals surface area (Å²) < 4.78 is 1.72. The standard InChI is InChI=1S/C21H27N5O/c1-21(2,3)18-13-17(25(4)24-18)20(27)26-12-8-7-11-16(26)19-22-14-9-5-6-10-15(14)23-19/h5-6,9-10,13,16H,7-8,11-12H2,1-4H3,(H,22,23)/t16-/m1/s1. The average Bonchev–Trinajstić information content (AvgIpc) is 3.24. The van der Waals surface area contributed by atoms with Crippen LogP contribution >= 0.6 is 0 Å². The van der Waals surface area contributed by atoms with E-state index in [-0.39, 0.29) is 17.4 Å². The minimum absolute atomic E-state index is 0.0216. The first kappa shape index (κ1) is 17.8. The molecular weight excluding hydrogens is 338 g/mol. The third-order valence-electron chi connectivity index (χ3n) is 5.35. The second-order valence-corrected chi connectivity index (χ2v) is 8.44. The highest BCUT2D eigenvalue weighted by atomic mass is 16.2. The van der Waals surface area contributed by atoms with Crippen LogP contribution in [0.5, 0.6) is 0 Å². The summed E-state index contributed by atoms with van der Waals surface area (Å²) in [4.78, 5) is 23.5. The summed E-state index contributed by atoms with van der Waals surface area (Å²) in [6.45, 7) is 7.08. The first-order valence-electron chi connectivity index (χ1n) is 9.65. The maximum absolute atomic E-state index is 13.4. The average molecular weight is 365 g/mol. The van der Waals surface area contributed by atoms with Crippen LogP contribution in [0.1, 0.15) is 68.1 Å². The van der Waals surface area contributed by atoms with Crippen molar-refractivity contribution in [2.75, 3.05) is 6.54 Å². The van der Waals surface area contributed by atoms with E-state index < -0.39 is 0 Å². The molecule has 27 heavy (non-hydrogen) atoms. The topological polar surface area (TPSA) is 66.8 Å². The summed E-state index contributed by atoms with van der Waals surface area (Å²) >= 11 is 0. The van der Waals surface area contributed by atoms with Gasteiger partial charge in [0, 0.05) is 19.0 Å². The van der Waals surface area contributed by atoms with Crippen molar-refractivity contribution < 1.29 is 4.79 Å². The van der Waals surface area contributed by atoms with Crippen molar-refractivity contribution in [3.8, 4) is 0 Å². The highest BCUT2D eigenvalue weighted by Gasteiger charge is 2.33. The molecule has 142 valence electrons. The molecule has 1 aromatic carbocycles. The van der Waals surface area contributed by atoms with Gasteiger partial charge in [-0.1, -0.05) is 32.9 Å². The predicted octanol–water partition coefficient (Wildman–Crippen LogP) is 3.96. The van der Waals surface area contributed by atoms with Gasteiger partial charge >= 0.3 is 0 Å². The molecule has 1 aliphatic heterocycles. The van der Waals surface area contributed by atoms with Crippen LogP contribution in [0, 0.1) is 0 Å². The Kier molecular flexibility index (Phi) is 4.29. The number of likely N-dealkylation sites (tertiary alicyclic amines) is 1. The summed E-state index contributed by atoms with van der Waals surface area (Å²) in [5, 5.41) is 4.58. The zero-order valence-corrected chi connectivity index (χ0v) is 16.5. The zero-order valence-electron chi connectivity index (χ0n) is 16.5. The largest absolute Gasteiger partial charge is 0.340 e. The molecule has 0 spiro atoms. The lowest BCUT2D eigenvalue weighted by Crippen LogP contribution is -2.39. The number of hydrogen-bond acceptors (Lipinski definition) is 3. The van der Waals surface area contributed by atoms with Crippen molar-refractivity contribution >= 4 is 16.9 Å². The smallest absolute Gasteiger partial charge is 0.272 e. The fourth-order valence-corrected chi connectivity index (χ4v) is 3.77.